The number of carbonyl (C=O) groups is 1. The Morgan fingerprint density at radius 1 is 1.44 bits per heavy atom. The number of nitrogens with zero attached hydrogens (tertiary/aromatic N) is 2. The molecular weight excluding hydrogens is 320 g/mol. The lowest BCUT2D eigenvalue weighted by molar-refractivity contribution is 0.0234. The van der Waals surface area contributed by atoms with Crippen LogP contribution in [0.3, 0.4) is 0 Å². The second-order valence-electron chi connectivity index (χ2n) is 6.52. The number of aromatic amines is 1. The van der Waals surface area contributed by atoms with Crippen LogP contribution in [-0.4, -0.2) is 39.4 Å². The van der Waals surface area contributed by atoms with E-state index in [1.165, 1.54) is 0 Å². The molecule has 3 N–H and O–H groups in total. The maximum absolute atomic E-state index is 12.6. The minimum atomic E-state index is -0.301. The van der Waals surface area contributed by atoms with Gasteiger partial charge in [0.15, 0.2) is 0 Å². The molecule has 1 saturated carbocycles. The monoisotopic (exact) mass is 344 g/mol. The van der Waals surface area contributed by atoms with Crippen molar-refractivity contribution in [1.82, 2.24) is 20.5 Å². The first-order valence-corrected chi connectivity index (χ1v) is 8.62. The van der Waals surface area contributed by atoms with Gasteiger partial charge in [-0.1, -0.05) is 13.3 Å². The van der Waals surface area contributed by atoms with Crippen LogP contribution < -0.4 is 10.1 Å². The molecule has 0 aliphatic heterocycles. The van der Waals surface area contributed by atoms with Crippen molar-refractivity contribution in [2.24, 2.45) is 5.92 Å². The maximum Gasteiger partial charge on any atom is 0.272 e. The molecule has 0 aromatic carbocycles. The van der Waals surface area contributed by atoms with E-state index >= 15 is 0 Å². The number of ether oxygens (including phenoxy) is 1. The number of nitrogens with one attached hydrogen (secondary N) is 2. The molecular formula is C18H24N4O3. The SMILES string of the molecule is CCCc1cc(C(=O)NC(c2cncc(OC)c2)C2CC(O)C2)n[nH]1. The lowest BCUT2D eigenvalue weighted by atomic mass is 9.75. The Bertz CT molecular complexity index is 725. The van der Waals surface area contributed by atoms with Crippen molar-refractivity contribution in [3.05, 3.63) is 41.5 Å². The van der Waals surface area contributed by atoms with Crippen LogP contribution in [0.5, 0.6) is 5.75 Å². The molecule has 1 fully saturated rings. The van der Waals surface area contributed by atoms with Crippen molar-refractivity contribution in [3.63, 3.8) is 0 Å². The third-order valence-electron chi connectivity index (χ3n) is 4.62. The lowest BCUT2D eigenvalue weighted by Crippen LogP contribution is -2.41. The topological polar surface area (TPSA) is 100 Å². The number of aryl methyl sites for hydroxylation is 1. The van der Waals surface area contributed by atoms with E-state index < -0.39 is 0 Å². The molecule has 25 heavy (non-hydrogen) atoms. The molecule has 134 valence electrons. The zero-order chi connectivity index (χ0) is 17.8. The van der Waals surface area contributed by atoms with Crippen LogP contribution >= 0.6 is 0 Å². The van der Waals surface area contributed by atoms with E-state index in [4.69, 9.17) is 4.74 Å². The largest absolute Gasteiger partial charge is 0.495 e. The van der Waals surface area contributed by atoms with Gasteiger partial charge in [0.2, 0.25) is 0 Å². The molecule has 0 bridgehead atoms. The molecule has 7 heteroatoms. The van der Waals surface area contributed by atoms with Gasteiger partial charge < -0.3 is 15.2 Å². The molecule has 1 atom stereocenters. The fourth-order valence-corrected chi connectivity index (χ4v) is 3.18. The van der Waals surface area contributed by atoms with Crippen LogP contribution in [0, 0.1) is 5.92 Å². The number of carbonyl (C=O) groups excluding carboxylic acids is 1. The molecule has 1 unspecified atom stereocenters. The molecule has 0 radical (unpaired) electrons. The van der Waals surface area contributed by atoms with E-state index in [9.17, 15) is 9.90 Å². The second-order valence-corrected chi connectivity index (χ2v) is 6.52. The summed E-state index contributed by atoms with van der Waals surface area (Å²) in [6.45, 7) is 2.08. The van der Waals surface area contributed by atoms with Crippen molar-refractivity contribution in [3.8, 4) is 5.75 Å². The van der Waals surface area contributed by atoms with Crippen LogP contribution in [0.25, 0.3) is 0 Å². The van der Waals surface area contributed by atoms with E-state index in [-0.39, 0.29) is 24.0 Å². The van der Waals surface area contributed by atoms with Crippen LogP contribution in [-0.2, 0) is 6.42 Å². The van der Waals surface area contributed by atoms with Crippen LogP contribution in [0.4, 0.5) is 0 Å². The molecule has 3 rings (SSSR count). The summed E-state index contributed by atoms with van der Waals surface area (Å²) in [6.07, 6.45) is 6.21. The van der Waals surface area contributed by atoms with Gasteiger partial charge in [-0.2, -0.15) is 5.10 Å². The predicted molar refractivity (Wildman–Crippen MR) is 92.3 cm³/mol. The number of aliphatic hydroxyl groups is 1. The maximum atomic E-state index is 12.6. The highest BCUT2D eigenvalue weighted by Gasteiger charge is 2.36. The zero-order valence-corrected chi connectivity index (χ0v) is 14.5. The Hall–Kier alpha value is -2.41. The number of H-pyrrole nitrogens is 1. The van der Waals surface area contributed by atoms with Crippen LogP contribution in [0.15, 0.2) is 24.5 Å². The van der Waals surface area contributed by atoms with E-state index in [1.807, 2.05) is 6.07 Å². The summed E-state index contributed by atoms with van der Waals surface area (Å²) in [5.74, 6) is 0.580. The standard InChI is InChI=1S/C18H24N4O3/c1-3-4-13-8-16(22-21-13)18(24)20-17(11-5-14(23)6-11)12-7-15(25-2)10-19-9-12/h7-11,14,17,23H,3-6H2,1-2H3,(H,20,24)(H,21,22). The first-order valence-electron chi connectivity index (χ1n) is 8.62. The van der Waals surface area contributed by atoms with Gasteiger partial charge in [0.05, 0.1) is 25.5 Å². The highest BCUT2D eigenvalue weighted by molar-refractivity contribution is 5.92. The van der Waals surface area contributed by atoms with Gasteiger partial charge in [-0.15, -0.1) is 0 Å². The Morgan fingerprint density at radius 2 is 2.24 bits per heavy atom. The molecule has 7 nitrogen and oxygen atoms in total. The average molecular weight is 344 g/mol. The minimum Gasteiger partial charge on any atom is -0.495 e. The highest BCUT2D eigenvalue weighted by atomic mass is 16.5. The quantitative estimate of drug-likeness (QED) is 0.713. The van der Waals surface area contributed by atoms with Crippen LogP contribution in [0.2, 0.25) is 0 Å². The number of aliphatic hydroxyl groups excluding tert-OH is 1. The van der Waals surface area contributed by atoms with Crippen molar-refractivity contribution in [2.75, 3.05) is 7.11 Å². The summed E-state index contributed by atoms with van der Waals surface area (Å²) in [6, 6.07) is 3.43. The normalized spacial score (nSPS) is 20.6. The first-order chi connectivity index (χ1) is 12.1. The van der Waals surface area contributed by atoms with Gasteiger partial charge >= 0.3 is 0 Å². The molecule has 1 amide bonds. The number of hydrogen-bond acceptors (Lipinski definition) is 5. The van der Waals surface area contributed by atoms with Crippen molar-refractivity contribution in [1.29, 1.82) is 0 Å². The minimum absolute atomic E-state index is 0.168. The molecule has 2 heterocycles. The molecule has 2 aromatic rings. The summed E-state index contributed by atoms with van der Waals surface area (Å²) in [5, 5.41) is 19.7. The number of methoxy groups -OCH3 is 1. The third kappa shape index (κ3) is 3.99. The fraction of sp³-hybridized carbons (Fsp3) is 0.500. The average Bonchev–Trinajstić information content (AvgIpc) is 3.06. The van der Waals surface area contributed by atoms with Crippen molar-refractivity contribution >= 4 is 5.91 Å². The second kappa shape index (κ2) is 7.65. The van der Waals surface area contributed by atoms with Crippen molar-refractivity contribution in [2.45, 2.75) is 44.8 Å². The smallest absolute Gasteiger partial charge is 0.272 e. The molecule has 2 aromatic heterocycles. The predicted octanol–water partition coefficient (Wildman–Crippen LogP) is 2.01. The van der Waals surface area contributed by atoms with E-state index in [0.29, 0.717) is 24.3 Å². The molecule has 0 saturated heterocycles. The van der Waals surface area contributed by atoms with Gasteiger partial charge in [0.1, 0.15) is 11.4 Å². The van der Waals surface area contributed by atoms with Gasteiger partial charge in [0, 0.05) is 11.9 Å². The Kier molecular flexibility index (Phi) is 5.33. The van der Waals surface area contributed by atoms with Gasteiger partial charge in [-0.3, -0.25) is 14.9 Å². The number of hydrogen-bond donors (Lipinski definition) is 3. The summed E-state index contributed by atoms with van der Waals surface area (Å²) in [4.78, 5) is 16.8. The first kappa shape index (κ1) is 17.4. The fourth-order valence-electron chi connectivity index (χ4n) is 3.18. The Labute approximate surface area is 146 Å². The number of amides is 1. The third-order valence-corrected chi connectivity index (χ3v) is 4.62. The van der Waals surface area contributed by atoms with Crippen LogP contribution in [0.1, 0.15) is 54.0 Å². The molecule has 1 aliphatic carbocycles. The van der Waals surface area contributed by atoms with Gasteiger partial charge in [-0.25, -0.2) is 0 Å². The van der Waals surface area contributed by atoms with E-state index in [1.54, 1.807) is 25.6 Å². The molecule has 0 spiro atoms. The summed E-state index contributed by atoms with van der Waals surface area (Å²) in [7, 11) is 1.58. The number of pyridine rings is 1. The summed E-state index contributed by atoms with van der Waals surface area (Å²) in [5.41, 5.74) is 2.20. The number of aromatic nitrogens is 3. The Morgan fingerprint density at radius 3 is 2.92 bits per heavy atom. The lowest BCUT2D eigenvalue weighted by Gasteiger charge is -2.38. The zero-order valence-electron chi connectivity index (χ0n) is 14.5. The molecule has 1 aliphatic rings. The van der Waals surface area contributed by atoms with Gasteiger partial charge in [0.25, 0.3) is 5.91 Å². The Balaban J connectivity index is 1.78. The summed E-state index contributed by atoms with van der Waals surface area (Å²) < 4.78 is 5.24. The van der Waals surface area contributed by atoms with Gasteiger partial charge in [-0.05, 0) is 42.9 Å². The summed E-state index contributed by atoms with van der Waals surface area (Å²) >= 11 is 0. The van der Waals surface area contributed by atoms with E-state index in [0.717, 1.165) is 24.1 Å². The highest BCUT2D eigenvalue weighted by Crippen LogP contribution is 2.38. The van der Waals surface area contributed by atoms with Crippen molar-refractivity contribution < 1.29 is 14.6 Å². The van der Waals surface area contributed by atoms with E-state index in [2.05, 4.69) is 27.4 Å². The number of rotatable bonds is 7.